The number of nitrogens with two attached hydrogens (primary N) is 1. The van der Waals surface area contributed by atoms with Gasteiger partial charge in [0, 0.05) is 19.2 Å². The largest absolute Gasteiger partial charge is 0.421 e. The number of nitrogen functional groups attached to an aromatic ring is 1. The third-order valence-electron chi connectivity index (χ3n) is 2.12. The number of pyridine rings is 1. The molecule has 0 aliphatic heterocycles. The molecule has 0 radical (unpaired) electrons. The summed E-state index contributed by atoms with van der Waals surface area (Å²) in [5, 5.41) is 10.9. The minimum absolute atomic E-state index is 0.395. The molecular weight excluding hydrogens is 206 g/mol. The van der Waals surface area contributed by atoms with Gasteiger partial charge in [0.15, 0.2) is 0 Å². The van der Waals surface area contributed by atoms with Gasteiger partial charge in [-0.05, 0) is 19.2 Å². The topological polar surface area (TPSA) is 89.9 Å². The van der Waals surface area contributed by atoms with Crippen molar-refractivity contribution in [3.63, 3.8) is 0 Å². The smallest absolute Gasteiger partial charge is 0.251 e. The highest BCUT2D eigenvalue weighted by atomic mass is 16.4. The lowest BCUT2D eigenvalue weighted by Crippen LogP contribution is -2.10. The molecule has 0 atom stereocenters. The lowest BCUT2D eigenvalue weighted by atomic mass is 10.2. The second kappa shape index (κ2) is 4.71. The minimum atomic E-state index is 0.395. The van der Waals surface area contributed by atoms with E-state index in [9.17, 15) is 0 Å². The van der Waals surface area contributed by atoms with Crippen LogP contribution in [-0.4, -0.2) is 28.8 Å². The Kier molecular flexibility index (Phi) is 3.11. The van der Waals surface area contributed by atoms with E-state index in [1.807, 2.05) is 7.05 Å². The molecule has 2 heterocycles. The van der Waals surface area contributed by atoms with Crippen LogP contribution in [0.3, 0.4) is 0 Å². The van der Waals surface area contributed by atoms with Crippen LogP contribution < -0.4 is 11.1 Å². The van der Waals surface area contributed by atoms with Crippen LogP contribution in [0.4, 0.5) is 5.82 Å². The normalized spacial score (nSPS) is 10.6. The van der Waals surface area contributed by atoms with E-state index < -0.39 is 0 Å². The maximum absolute atomic E-state index is 5.71. The van der Waals surface area contributed by atoms with E-state index in [4.69, 9.17) is 10.2 Å². The molecule has 0 aromatic carbocycles. The van der Waals surface area contributed by atoms with Crippen molar-refractivity contribution in [1.29, 1.82) is 0 Å². The molecule has 2 aromatic heterocycles. The average molecular weight is 219 g/mol. The van der Waals surface area contributed by atoms with Crippen LogP contribution in [0.1, 0.15) is 5.89 Å². The molecule has 0 fully saturated rings. The fourth-order valence-electron chi connectivity index (χ4n) is 1.29. The molecule has 0 saturated carbocycles. The number of anilines is 1. The van der Waals surface area contributed by atoms with Crippen LogP contribution in [-0.2, 0) is 6.42 Å². The summed E-state index contributed by atoms with van der Waals surface area (Å²) >= 11 is 0. The Bertz CT molecular complexity index is 468. The van der Waals surface area contributed by atoms with Crippen molar-refractivity contribution in [3.8, 4) is 11.5 Å². The number of nitrogens with one attached hydrogen (secondary N) is 1. The van der Waals surface area contributed by atoms with E-state index in [-0.39, 0.29) is 0 Å². The molecule has 2 aromatic rings. The number of aromatic nitrogens is 3. The van der Waals surface area contributed by atoms with Crippen LogP contribution in [0, 0.1) is 0 Å². The Morgan fingerprint density at radius 3 is 3.06 bits per heavy atom. The molecule has 3 N–H and O–H groups in total. The van der Waals surface area contributed by atoms with Gasteiger partial charge in [-0.15, -0.1) is 10.2 Å². The number of likely N-dealkylation sites (N-methyl/N-ethyl adjacent to an activating group) is 1. The van der Waals surface area contributed by atoms with Crippen LogP contribution in [0.2, 0.25) is 0 Å². The second-order valence-corrected chi connectivity index (χ2v) is 3.29. The number of nitrogens with zero attached hydrogens (tertiary/aromatic N) is 3. The number of rotatable bonds is 4. The van der Waals surface area contributed by atoms with Crippen molar-refractivity contribution in [2.45, 2.75) is 6.42 Å². The van der Waals surface area contributed by atoms with Crippen molar-refractivity contribution >= 4 is 5.82 Å². The van der Waals surface area contributed by atoms with Crippen LogP contribution in [0.5, 0.6) is 0 Å². The summed E-state index contributed by atoms with van der Waals surface area (Å²) in [6, 6.07) is 3.58. The fourth-order valence-corrected chi connectivity index (χ4v) is 1.29. The molecule has 0 aliphatic carbocycles. The fraction of sp³-hybridized carbons (Fsp3) is 0.300. The van der Waals surface area contributed by atoms with Gasteiger partial charge in [-0.1, -0.05) is 0 Å². The Morgan fingerprint density at radius 2 is 2.31 bits per heavy atom. The zero-order valence-corrected chi connectivity index (χ0v) is 8.97. The van der Waals surface area contributed by atoms with Crippen LogP contribution in [0.25, 0.3) is 11.5 Å². The summed E-state index contributed by atoms with van der Waals surface area (Å²) in [4.78, 5) is 3.96. The van der Waals surface area contributed by atoms with Crippen molar-refractivity contribution in [2.75, 3.05) is 19.3 Å². The highest BCUT2D eigenvalue weighted by Crippen LogP contribution is 2.21. The molecule has 2 rings (SSSR count). The van der Waals surface area contributed by atoms with Gasteiger partial charge in [0.05, 0.1) is 5.56 Å². The highest BCUT2D eigenvalue weighted by Gasteiger charge is 2.11. The highest BCUT2D eigenvalue weighted by molar-refractivity contribution is 5.66. The summed E-state index contributed by atoms with van der Waals surface area (Å²) in [6.07, 6.45) is 2.32. The maximum atomic E-state index is 5.71. The summed E-state index contributed by atoms with van der Waals surface area (Å²) < 4.78 is 5.47. The van der Waals surface area contributed by atoms with Crippen molar-refractivity contribution in [1.82, 2.24) is 20.5 Å². The van der Waals surface area contributed by atoms with E-state index in [2.05, 4.69) is 20.5 Å². The molecule has 0 saturated heterocycles. The molecule has 0 amide bonds. The molecular formula is C10H13N5O. The Morgan fingerprint density at radius 1 is 1.44 bits per heavy atom. The lowest BCUT2D eigenvalue weighted by Gasteiger charge is -1.97. The number of hydrogen-bond donors (Lipinski definition) is 2. The van der Waals surface area contributed by atoms with Gasteiger partial charge in [0.1, 0.15) is 5.82 Å². The Labute approximate surface area is 92.9 Å². The zero-order valence-electron chi connectivity index (χ0n) is 8.97. The summed E-state index contributed by atoms with van der Waals surface area (Å²) in [6.45, 7) is 0.796. The Balaban J connectivity index is 2.22. The van der Waals surface area contributed by atoms with Gasteiger partial charge in [-0.2, -0.15) is 0 Å². The molecule has 0 aliphatic rings. The maximum Gasteiger partial charge on any atom is 0.251 e. The first kappa shape index (κ1) is 10.6. The van der Waals surface area contributed by atoms with Crippen molar-refractivity contribution in [2.24, 2.45) is 0 Å². The van der Waals surface area contributed by atoms with Crippen molar-refractivity contribution in [3.05, 3.63) is 24.2 Å². The molecule has 16 heavy (non-hydrogen) atoms. The van der Waals surface area contributed by atoms with Crippen molar-refractivity contribution < 1.29 is 4.42 Å². The first-order valence-corrected chi connectivity index (χ1v) is 4.99. The van der Waals surface area contributed by atoms with E-state index in [1.165, 1.54) is 0 Å². The molecule has 0 bridgehead atoms. The van der Waals surface area contributed by atoms with E-state index in [1.54, 1.807) is 18.3 Å². The lowest BCUT2D eigenvalue weighted by molar-refractivity contribution is 0.500. The quantitative estimate of drug-likeness (QED) is 0.777. The second-order valence-electron chi connectivity index (χ2n) is 3.29. The molecule has 6 heteroatoms. The van der Waals surface area contributed by atoms with Gasteiger partial charge in [-0.25, -0.2) is 4.98 Å². The zero-order chi connectivity index (χ0) is 11.4. The third-order valence-corrected chi connectivity index (χ3v) is 2.12. The summed E-state index contributed by atoms with van der Waals surface area (Å²) in [5.41, 5.74) is 6.38. The monoisotopic (exact) mass is 219 g/mol. The molecule has 0 spiro atoms. The molecule has 0 unspecified atom stereocenters. The summed E-state index contributed by atoms with van der Waals surface area (Å²) in [7, 11) is 1.87. The molecule has 84 valence electrons. The SMILES string of the molecule is CNCCc1nnc(-c2cccnc2N)o1. The number of hydrogen-bond acceptors (Lipinski definition) is 6. The standard InChI is InChI=1S/C10H13N5O/c1-12-6-4-8-14-15-10(16-8)7-3-2-5-13-9(7)11/h2-3,5,12H,4,6H2,1H3,(H2,11,13). The predicted molar refractivity (Wildman–Crippen MR) is 59.6 cm³/mol. The van der Waals surface area contributed by atoms with Crippen LogP contribution >= 0.6 is 0 Å². The first-order valence-electron chi connectivity index (χ1n) is 4.99. The summed E-state index contributed by atoms with van der Waals surface area (Å²) in [5.74, 6) is 1.40. The van der Waals surface area contributed by atoms with E-state index in [0.717, 1.165) is 6.54 Å². The van der Waals surface area contributed by atoms with Gasteiger partial charge in [0.25, 0.3) is 5.89 Å². The van der Waals surface area contributed by atoms with Gasteiger partial charge < -0.3 is 15.5 Å². The van der Waals surface area contributed by atoms with E-state index >= 15 is 0 Å². The van der Waals surface area contributed by atoms with Crippen LogP contribution in [0.15, 0.2) is 22.7 Å². The first-order chi connectivity index (χ1) is 7.81. The van der Waals surface area contributed by atoms with Gasteiger partial charge in [-0.3, -0.25) is 0 Å². The predicted octanol–water partition coefficient (Wildman–Crippen LogP) is 0.476. The van der Waals surface area contributed by atoms with E-state index in [0.29, 0.717) is 29.6 Å². The third kappa shape index (κ3) is 2.17. The molecule has 6 nitrogen and oxygen atoms in total. The average Bonchev–Trinajstić information content (AvgIpc) is 2.75. The van der Waals surface area contributed by atoms with Gasteiger partial charge in [0.2, 0.25) is 5.89 Å². The van der Waals surface area contributed by atoms with Gasteiger partial charge >= 0.3 is 0 Å². The Hall–Kier alpha value is -1.95. The minimum Gasteiger partial charge on any atom is -0.421 e.